The number of allylic oxidation sites excluding steroid dienone is 1. The minimum atomic E-state index is -2.50. The Labute approximate surface area is 184 Å². The number of aliphatic hydroxyl groups excluding tert-OH is 2. The van der Waals surface area contributed by atoms with E-state index in [-0.39, 0.29) is 36.1 Å². The van der Waals surface area contributed by atoms with Crippen LogP contribution in [0, 0.1) is 17.8 Å². The topological polar surface area (TPSA) is 173 Å². The van der Waals surface area contributed by atoms with Gasteiger partial charge >= 0.3 is 0 Å². The van der Waals surface area contributed by atoms with Crippen molar-refractivity contribution in [2.24, 2.45) is 23.5 Å². The molecule has 0 aromatic heterocycles. The van der Waals surface area contributed by atoms with Crippen molar-refractivity contribution in [3.8, 4) is 5.75 Å². The molecule has 10 nitrogen and oxygen atoms in total. The fraction of sp³-hybridized carbons (Fsp3) is 0.500. The molecule has 0 aliphatic heterocycles. The van der Waals surface area contributed by atoms with Crippen LogP contribution < -0.4 is 16.0 Å². The second-order valence-corrected chi connectivity index (χ2v) is 9.03. The molecule has 3 aliphatic rings. The maximum absolute atomic E-state index is 13.5. The van der Waals surface area contributed by atoms with E-state index >= 15 is 0 Å². The second-order valence-electron chi connectivity index (χ2n) is 9.03. The van der Waals surface area contributed by atoms with Crippen molar-refractivity contribution in [3.63, 3.8) is 0 Å². The number of nitrogens with zero attached hydrogens (tertiary/aromatic N) is 1. The highest BCUT2D eigenvalue weighted by Crippen LogP contribution is 2.53. The molecule has 4 rings (SSSR count). The standard InChI is InChI=1S/C22H27N3O7/c1-24-11-7-12(25(2)3)10-5-8-4-9-6-13(26)16(21(23)31)20(30)22(9,32)19(29)14(8)18(28)15(10)17(11)27/h7-9,13,16,24,26-27,29,32H,4-6H2,1-3H3,(H2,23,31)/t8-,9+,13?,16?,22+/m1/s1. The average Bonchev–Trinajstić information content (AvgIpc) is 2.70. The van der Waals surface area contributed by atoms with Gasteiger partial charge in [0.2, 0.25) is 5.91 Å². The molecule has 7 N–H and O–H groups in total. The van der Waals surface area contributed by atoms with Crippen molar-refractivity contribution >= 4 is 28.8 Å². The SMILES string of the molecule is CNc1cc(N(C)C)c2c(c1O)C(=O)C1=C(O)[C@]3(O)C(=O)C(C(N)=O)C(O)C[C@@H]3C[C@@H]1C2. The molecule has 32 heavy (non-hydrogen) atoms. The van der Waals surface area contributed by atoms with Gasteiger partial charge in [-0.2, -0.15) is 0 Å². The summed E-state index contributed by atoms with van der Waals surface area (Å²) in [6.07, 6.45) is -1.10. The fourth-order valence-corrected chi connectivity index (χ4v) is 5.56. The lowest BCUT2D eigenvalue weighted by molar-refractivity contribution is -0.167. The molecule has 0 saturated heterocycles. The van der Waals surface area contributed by atoms with Crippen LogP contribution in [0.4, 0.5) is 11.4 Å². The van der Waals surface area contributed by atoms with E-state index in [1.54, 1.807) is 27.2 Å². The zero-order valence-electron chi connectivity index (χ0n) is 18.0. The Morgan fingerprint density at radius 1 is 1.25 bits per heavy atom. The molecule has 0 heterocycles. The summed E-state index contributed by atoms with van der Waals surface area (Å²) in [6.45, 7) is 0. The number of nitrogens with two attached hydrogens (primary N) is 1. The number of phenols is 1. The van der Waals surface area contributed by atoms with Gasteiger partial charge in [-0.25, -0.2) is 0 Å². The van der Waals surface area contributed by atoms with Gasteiger partial charge in [-0.15, -0.1) is 0 Å². The quantitative estimate of drug-likeness (QED) is 0.273. The van der Waals surface area contributed by atoms with Gasteiger partial charge in [-0.05, 0) is 36.8 Å². The summed E-state index contributed by atoms with van der Waals surface area (Å²) < 4.78 is 0. The first-order valence-electron chi connectivity index (χ1n) is 10.4. The molecular formula is C22H27N3O7. The highest BCUT2D eigenvalue weighted by molar-refractivity contribution is 6.17. The van der Waals surface area contributed by atoms with E-state index in [0.29, 0.717) is 16.9 Å². The summed E-state index contributed by atoms with van der Waals surface area (Å²) in [7, 11) is 5.20. The molecule has 0 bridgehead atoms. The molecule has 2 unspecified atom stereocenters. The van der Waals surface area contributed by atoms with Crippen molar-refractivity contribution in [2.75, 3.05) is 31.4 Å². The number of carbonyl (C=O) groups is 3. The van der Waals surface area contributed by atoms with Crippen LogP contribution in [0.2, 0.25) is 0 Å². The van der Waals surface area contributed by atoms with E-state index < -0.39 is 52.7 Å². The van der Waals surface area contributed by atoms with Crippen molar-refractivity contribution < 1.29 is 34.8 Å². The van der Waals surface area contributed by atoms with Crippen molar-refractivity contribution in [3.05, 3.63) is 28.5 Å². The largest absolute Gasteiger partial charge is 0.508 e. The zero-order chi connectivity index (χ0) is 23.7. The number of primary amides is 1. The summed E-state index contributed by atoms with van der Waals surface area (Å²) in [5.74, 6) is -7.14. The number of aliphatic hydroxyl groups is 3. The molecule has 1 fully saturated rings. The predicted molar refractivity (Wildman–Crippen MR) is 115 cm³/mol. The Morgan fingerprint density at radius 2 is 1.91 bits per heavy atom. The monoisotopic (exact) mass is 445 g/mol. The van der Waals surface area contributed by atoms with Gasteiger partial charge in [0.15, 0.2) is 17.2 Å². The number of phenolic OH excluding ortho intramolecular Hbond substituents is 1. The van der Waals surface area contributed by atoms with Gasteiger partial charge in [-0.1, -0.05) is 0 Å². The number of fused-ring (bicyclic) bond motifs is 3. The summed E-state index contributed by atoms with van der Waals surface area (Å²) in [5.41, 5.74) is 4.22. The Kier molecular flexibility index (Phi) is 4.98. The van der Waals surface area contributed by atoms with Crippen LogP contribution in [0.25, 0.3) is 0 Å². The van der Waals surface area contributed by atoms with E-state index in [1.165, 1.54) is 0 Å². The molecule has 5 atom stereocenters. The average molecular weight is 445 g/mol. The van der Waals surface area contributed by atoms with Crippen molar-refractivity contribution in [1.29, 1.82) is 0 Å². The van der Waals surface area contributed by atoms with Crippen LogP contribution in [0.3, 0.4) is 0 Å². The highest BCUT2D eigenvalue weighted by Gasteiger charge is 2.62. The second kappa shape index (κ2) is 7.21. The number of amides is 1. The zero-order valence-corrected chi connectivity index (χ0v) is 18.0. The number of anilines is 2. The lowest BCUT2D eigenvalue weighted by Crippen LogP contribution is -2.63. The van der Waals surface area contributed by atoms with E-state index in [4.69, 9.17) is 5.73 Å². The summed E-state index contributed by atoms with van der Waals surface area (Å²) >= 11 is 0. The number of benzene rings is 1. The number of rotatable bonds is 3. The Morgan fingerprint density at radius 3 is 2.47 bits per heavy atom. The Balaban J connectivity index is 1.93. The third-order valence-electron chi connectivity index (χ3n) is 7.12. The molecule has 1 saturated carbocycles. The van der Waals surface area contributed by atoms with Gasteiger partial charge in [0.05, 0.1) is 17.4 Å². The van der Waals surface area contributed by atoms with E-state index in [0.717, 1.165) is 0 Å². The van der Waals surface area contributed by atoms with Crippen LogP contribution in [-0.2, 0) is 16.0 Å². The molecule has 0 spiro atoms. The third-order valence-corrected chi connectivity index (χ3v) is 7.12. The normalized spacial score (nSPS) is 31.5. The number of hydrogen-bond acceptors (Lipinski definition) is 9. The van der Waals surface area contributed by atoms with E-state index in [2.05, 4.69) is 5.32 Å². The van der Waals surface area contributed by atoms with Gasteiger partial charge in [0.1, 0.15) is 17.4 Å². The number of Topliss-reactive ketones (excluding diaryl/α,β-unsaturated/α-hetero) is 2. The number of aromatic hydroxyl groups is 1. The summed E-state index contributed by atoms with van der Waals surface area (Å²) in [5, 5.41) is 46.2. The first-order valence-corrected chi connectivity index (χ1v) is 10.4. The number of nitrogens with one attached hydrogen (secondary N) is 1. The van der Waals surface area contributed by atoms with E-state index in [1.807, 2.05) is 4.90 Å². The van der Waals surface area contributed by atoms with Crippen LogP contribution in [0.5, 0.6) is 5.75 Å². The van der Waals surface area contributed by atoms with Crippen LogP contribution in [-0.4, -0.2) is 70.7 Å². The maximum Gasteiger partial charge on any atom is 0.230 e. The molecule has 0 radical (unpaired) electrons. The number of ketones is 2. The molecular weight excluding hydrogens is 418 g/mol. The van der Waals surface area contributed by atoms with Crippen LogP contribution in [0.1, 0.15) is 28.8 Å². The third kappa shape index (κ3) is 2.75. The summed E-state index contributed by atoms with van der Waals surface area (Å²) in [6, 6.07) is 1.72. The number of carbonyl (C=O) groups excluding carboxylic acids is 3. The first kappa shape index (κ1) is 22.1. The van der Waals surface area contributed by atoms with Crippen molar-refractivity contribution in [1.82, 2.24) is 0 Å². The van der Waals surface area contributed by atoms with Gasteiger partial charge in [0.25, 0.3) is 0 Å². The van der Waals surface area contributed by atoms with E-state index in [9.17, 15) is 34.8 Å². The lowest BCUT2D eigenvalue weighted by atomic mass is 9.58. The smallest absolute Gasteiger partial charge is 0.230 e. The fourth-order valence-electron chi connectivity index (χ4n) is 5.56. The highest BCUT2D eigenvalue weighted by atomic mass is 16.3. The molecule has 1 aromatic carbocycles. The van der Waals surface area contributed by atoms with Gasteiger partial charge in [0, 0.05) is 38.3 Å². The molecule has 10 heteroatoms. The van der Waals surface area contributed by atoms with Crippen LogP contribution >= 0.6 is 0 Å². The minimum Gasteiger partial charge on any atom is -0.508 e. The number of hydrogen-bond donors (Lipinski definition) is 6. The van der Waals surface area contributed by atoms with Crippen molar-refractivity contribution in [2.45, 2.75) is 31.0 Å². The lowest BCUT2D eigenvalue weighted by Gasteiger charge is -2.48. The van der Waals surface area contributed by atoms with Crippen LogP contribution in [0.15, 0.2) is 17.4 Å². The molecule has 172 valence electrons. The Bertz CT molecular complexity index is 1080. The minimum absolute atomic E-state index is 0.00450. The first-order chi connectivity index (χ1) is 14.9. The molecule has 1 amide bonds. The van der Waals surface area contributed by atoms with Gasteiger partial charge in [-0.3, -0.25) is 14.4 Å². The maximum atomic E-state index is 13.5. The Hall–Kier alpha value is -3.11. The molecule has 3 aliphatic carbocycles. The molecule has 1 aromatic rings. The summed E-state index contributed by atoms with van der Waals surface area (Å²) in [4.78, 5) is 40.1. The van der Waals surface area contributed by atoms with Gasteiger partial charge < -0.3 is 36.4 Å². The predicted octanol–water partition coefficient (Wildman–Crippen LogP) is -0.147.